The molecule has 0 N–H and O–H groups in total. The number of aromatic nitrogens is 2. The largest absolute Gasteiger partial charge is 0.423 e. The highest BCUT2D eigenvalue weighted by Gasteiger charge is 2.24. The van der Waals surface area contributed by atoms with Crippen LogP contribution in [-0.2, 0) is 16.4 Å². The third-order valence-corrected chi connectivity index (χ3v) is 6.66. The van der Waals surface area contributed by atoms with Crippen molar-refractivity contribution >= 4 is 32.0 Å². The van der Waals surface area contributed by atoms with Crippen LogP contribution in [0.1, 0.15) is 11.4 Å². The van der Waals surface area contributed by atoms with Crippen molar-refractivity contribution in [2.24, 2.45) is 0 Å². The minimum atomic E-state index is -3.94. The van der Waals surface area contributed by atoms with Gasteiger partial charge in [0, 0.05) is 17.9 Å². The molecule has 148 valence electrons. The van der Waals surface area contributed by atoms with Crippen LogP contribution >= 0.6 is 0 Å². The summed E-state index contributed by atoms with van der Waals surface area (Å²) in [5.74, 6) is 0.432. The fourth-order valence-electron chi connectivity index (χ4n) is 3.53. The Morgan fingerprint density at radius 3 is 2.47 bits per heavy atom. The molecule has 0 saturated heterocycles. The van der Waals surface area contributed by atoms with Crippen LogP contribution in [-0.4, -0.2) is 17.4 Å². The number of rotatable bonds is 4. The standard InChI is InChI=1S/C23H16N2O4S/c26-23-13-10-17-15-18(11-12-21(17)29-23)30(27,28)25-20-9-5-4-8-19(20)24-22(25)14-16-6-2-1-3-7-16/h1-13,15H,14H2. The predicted molar refractivity (Wildman–Crippen MR) is 114 cm³/mol. The van der Waals surface area contributed by atoms with E-state index in [-0.39, 0.29) is 4.90 Å². The lowest BCUT2D eigenvalue weighted by molar-refractivity contribution is 0.560. The average molecular weight is 416 g/mol. The van der Waals surface area contributed by atoms with Gasteiger partial charge in [0.2, 0.25) is 0 Å². The van der Waals surface area contributed by atoms with Crippen LogP contribution in [0.5, 0.6) is 0 Å². The van der Waals surface area contributed by atoms with Gasteiger partial charge in [0.25, 0.3) is 10.0 Å². The van der Waals surface area contributed by atoms with Gasteiger partial charge in [-0.1, -0.05) is 42.5 Å². The van der Waals surface area contributed by atoms with E-state index in [1.807, 2.05) is 36.4 Å². The maximum absolute atomic E-state index is 13.7. The van der Waals surface area contributed by atoms with E-state index in [1.54, 1.807) is 24.3 Å². The lowest BCUT2D eigenvalue weighted by Crippen LogP contribution is -2.16. The molecular weight excluding hydrogens is 400 g/mol. The van der Waals surface area contributed by atoms with E-state index >= 15 is 0 Å². The third kappa shape index (κ3) is 3.09. The Balaban J connectivity index is 1.72. The topological polar surface area (TPSA) is 82.2 Å². The lowest BCUT2D eigenvalue weighted by Gasteiger charge is -2.11. The highest BCUT2D eigenvalue weighted by atomic mass is 32.2. The zero-order chi connectivity index (χ0) is 20.7. The summed E-state index contributed by atoms with van der Waals surface area (Å²) in [5.41, 5.74) is 1.94. The van der Waals surface area contributed by atoms with E-state index in [9.17, 15) is 13.2 Å². The molecule has 2 heterocycles. The van der Waals surface area contributed by atoms with Crippen molar-refractivity contribution in [3.8, 4) is 0 Å². The molecule has 6 nitrogen and oxygen atoms in total. The zero-order valence-corrected chi connectivity index (χ0v) is 16.5. The summed E-state index contributed by atoms with van der Waals surface area (Å²) in [6.07, 6.45) is 0.372. The molecule has 3 aromatic carbocycles. The molecule has 0 fully saturated rings. The van der Waals surface area contributed by atoms with Crippen molar-refractivity contribution in [3.05, 3.63) is 107 Å². The van der Waals surface area contributed by atoms with Crippen molar-refractivity contribution in [1.82, 2.24) is 8.96 Å². The molecule has 0 aliphatic heterocycles. The van der Waals surface area contributed by atoms with E-state index in [1.165, 1.54) is 28.2 Å². The van der Waals surface area contributed by atoms with Gasteiger partial charge in [0.05, 0.1) is 15.9 Å². The molecule has 0 aliphatic rings. The molecule has 0 saturated carbocycles. The molecule has 0 amide bonds. The summed E-state index contributed by atoms with van der Waals surface area (Å²) in [6, 6.07) is 24.0. The third-order valence-electron chi connectivity index (χ3n) is 4.92. The van der Waals surface area contributed by atoms with Gasteiger partial charge in [-0.2, -0.15) is 0 Å². The molecule has 0 spiro atoms. The molecule has 30 heavy (non-hydrogen) atoms. The summed E-state index contributed by atoms with van der Waals surface area (Å²) in [7, 11) is -3.94. The van der Waals surface area contributed by atoms with Crippen LogP contribution in [0.2, 0.25) is 0 Å². The van der Waals surface area contributed by atoms with Crippen molar-refractivity contribution in [2.75, 3.05) is 0 Å². The first-order valence-corrected chi connectivity index (χ1v) is 10.8. The van der Waals surface area contributed by atoms with Gasteiger partial charge in [-0.25, -0.2) is 22.2 Å². The average Bonchev–Trinajstić information content (AvgIpc) is 3.12. The first kappa shape index (κ1) is 18.3. The monoisotopic (exact) mass is 416 g/mol. The maximum Gasteiger partial charge on any atom is 0.336 e. The second-order valence-electron chi connectivity index (χ2n) is 6.90. The highest BCUT2D eigenvalue weighted by Crippen LogP contribution is 2.26. The number of nitrogens with zero attached hydrogens (tertiary/aromatic N) is 2. The zero-order valence-electron chi connectivity index (χ0n) is 15.7. The van der Waals surface area contributed by atoms with Gasteiger partial charge < -0.3 is 4.42 Å². The molecule has 5 rings (SSSR count). The first-order chi connectivity index (χ1) is 14.5. The van der Waals surface area contributed by atoms with Crippen LogP contribution in [0.25, 0.3) is 22.0 Å². The van der Waals surface area contributed by atoms with Crippen molar-refractivity contribution in [1.29, 1.82) is 0 Å². The summed E-state index contributed by atoms with van der Waals surface area (Å²) in [6.45, 7) is 0. The fraction of sp³-hybridized carbons (Fsp3) is 0.0435. The summed E-state index contributed by atoms with van der Waals surface area (Å²) < 4.78 is 33.7. The van der Waals surface area contributed by atoms with Gasteiger partial charge in [-0.15, -0.1) is 0 Å². The molecule has 5 aromatic rings. The molecule has 0 bridgehead atoms. The Bertz CT molecular complexity index is 1550. The molecule has 0 aliphatic carbocycles. The van der Waals surface area contributed by atoms with Crippen molar-refractivity contribution in [3.63, 3.8) is 0 Å². The van der Waals surface area contributed by atoms with Crippen LogP contribution < -0.4 is 5.63 Å². The molecule has 0 radical (unpaired) electrons. The quantitative estimate of drug-likeness (QED) is 0.414. The number of benzene rings is 3. The van der Waals surface area contributed by atoms with Gasteiger partial charge in [-0.05, 0) is 42.0 Å². The molecule has 2 aromatic heterocycles. The SMILES string of the molecule is O=c1ccc2cc(S(=O)(=O)n3c(Cc4ccccc4)nc4ccccc43)ccc2o1. The van der Waals surface area contributed by atoms with E-state index in [4.69, 9.17) is 4.42 Å². The fourth-order valence-corrected chi connectivity index (χ4v) is 5.05. The summed E-state index contributed by atoms with van der Waals surface area (Å²) >= 11 is 0. The number of imidazole rings is 1. The normalized spacial score (nSPS) is 11.9. The minimum absolute atomic E-state index is 0.0984. The molecule has 0 unspecified atom stereocenters. The van der Waals surface area contributed by atoms with Crippen LogP contribution in [0.3, 0.4) is 0 Å². The lowest BCUT2D eigenvalue weighted by atomic mass is 10.1. The van der Waals surface area contributed by atoms with Crippen LogP contribution in [0, 0.1) is 0 Å². The molecular formula is C23H16N2O4S. The molecule has 7 heteroatoms. The van der Waals surface area contributed by atoms with Crippen LogP contribution in [0.15, 0.2) is 99.0 Å². The van der Waals surface area contributed by atoms with Crippen molar-refractivity contribution in [2.45, 2.75) is 11.3 Å². The summed E-state index contributed by atoms with van der Waals surface area (Å²) in [5, 5.41) is 0.532. The van der Waals surface area contributed by atoms with Crippen LogP contribution in [0.4, 0.5) is 0 Å². The van der Waals surface area contributed by atoms with E-state index < -0.39 is 15.6 Å². The Morgan fingerprint density at radius 1 is 0.867 bits per heavy atom. The van der Waals surface area contributed by atoms with E-state index in [0.29, 0.717) is 34.2 Å². The number of fused-ring (bicyclic) bond motifs is 2. The Morgan fingerprint density at radius 2 is 1.63 bits per heavy atom. The Kier molecular flexibility index (Phi) is 4.25. The minimum Gasteiger partial charge on any atom is -0.423 e. The summed E-state index contributed by atoms with van der Waals surface area (Å²) in [4.78, 5) is 16.1. The van der Waals surface area contributed by atoms with Gasteiger partial charge in [0.15, 0.2) is 0 Å². The predicted octanol–water partition coefficient (Wildman–Crippen LogP) is 3.97. The number of para-hydroxylation sites is 2. The second kappa shape index (κ2) is 6.96. The second-order valence-corrected chi connectivity index (χ2v) is 8.69. The Hall–Kier alpha value is -3.71. The number of hydrogen-bond donors (Lipinski definition) is 0. The number of hydrogen-bond acceptors (Lipinski definition) is 5. The van der Waals surface area contributed by atoms with Crippen molar-refractivity contribution < 1.29 is 12.8 Å². The van der Waals surface area contributed by atoms with Gasteiger partial charge in [-0.3, -0.25) is 0 Å². The van der Waals surface area contributed by atoms with Gasteiger partial charge in [0.1, 0.15) is 11.4 Å². The maximum atomic E-state index is 13.7. The van der Waals surface area contributed by atoms with Gasteiger partial charge >= 0.3 is 5.63 Å². The highest BCUT2D eigenvalue weighted by molar-refractivity contribution is 7.90. The Labute approximate surface area is 172 Å². The smallest absolute Gasteiger partial charge is 0.336 e. The first-order valence-electron chi connectivity index (χ1n) is 9.32. The van der Waals surface area contributed by atoms with E-state index in [0.717, 1.165) is 5.56 Å². The molecule has 0 atom stereocenters. The van der Waals surface area contributed by atoms with E-state index in [2.05, 4.69) is 4.98 Å².